The number of hydrogen-bond donors (Lipinski definition) is 0. The van der Waals surface area contributed by atoms with Crippen molar-refractivity contribution in [3.8, 4) is 0 Å². The zero-order valence-corrected chi connectivity index (χ0v) is 18.8. The monoisotopic (exact) mass is 429 g/mol. The van der Waals surface area contributed by atoms with Gasteiger partial charge in [-0.05, 0) is 42.3 Å². The van der Waals surface area contributed by atoms with Crippen LogP contribution in [0.2, 0.25) is 0 Å². The number of morpholine rings is 1. The molecule has 32 heavy (non-hydrogen) atoms. The fraction of sp³-hybridized carbons (Fsp3) is 0.385. The van der Waals surface area contributed by atoms with E-state index in [9.17, 15) is 0 Å². The highest BCUT2D eigenvalue weighted by atomic mass is 16.5. The van der Waals surface area contributed by atoms with Crippen LogP contribution < -0.4 is 9.80 Å². The van der Waals surface area contributed by atoms with Gasteiger partial charge in [0.15, 0.2) is 0 Å². The summed E-state index contributed by atoms with van der Waals surface area (Å²) in [6, 6.07) is 16.9. The van der Waals surface area contributed by atoms with E-state index in [4.69, 9.17) is 14.7 Å². The van der Waals surface area contributed by atoms with E-state index < -0.39 is 0 Å². The lowest BCUT2D eigenvalue weighted by molar-refractivity contribution is 0.122. The summed E-state index contributed by atoms with van der Waals surface area (Å²) in [5.74, 6) is 2.10. The molecule has 5 rings (SSSR count). The smallest absolute Gasteiger partial charge is 0.137 e. The van der Waals surface area contributed by atoms with Crippen LogP contribution in [-0.2, 0) is 4.74 Å². The molecule has 2 saturated heterocycles. The third-order valence-electron chi connectivity index (χ3n) is 6.37. The predicted octanol–water partition coefficient (Wildman–Crippen LogP) is 3.78. The molecule has 0 unspecified atom stereocenters. The Hall–Kier alpha value is -2.96. The molecular weight excluding hydrogens is 398 g/mol. The van der Waals surface area contributed by atoms with E-state index in [0.29, 0.717) is 0 Å². The second-order valence-corrected chi connectivity index (χ2v) is 8.37. The topological polar surface area (TPSA) is 44.7 Å². The number of likely N-dealkylation sites (N-methyl/N-ethyl adjacent to an activating group) is 1. The average molecular weight is 430 g/mol. The lowest BCUT2D eigenvalue weighted by Gasteiger charge is -2.35. The van der Waals surface area contributed by atoms with E-state index in [1.807, 2.05) is 6.07 Å². The Morgan fingerprint density at radius 3 is 2.41 bits per heavy atom. The average Bonchev–Trinajstić information content (AvgIpc) is 2.88. The Kier molecular flexibility index (Phi) is 6.32. The molecule has 6 nitrogen and oxygen atoms in total. The zero-order valence-electron chi connectivity index (χ0n) is 18.8. The molecule has 0 N–H and O–H groups in total. The standard InChI is InChI=1S/C26H31N5O/c1-2-29-12-14-31(15-13-29)26-24-8-4-3-6-21(24)20-23(28-26)11-10-22-7-5-9-25(27-22)30-16-18-32-19-17-30/h3-11,20H,2,12-19H2,1H3/b11-10+. The van der Waals surface area contributed by atoms with E-state index in [2.05, 4.69) is 76.2 Å². The second kappa shape index (κ2) is 9.67. The van der Waals surface area contributed by atoms with Gasteiger partial charge in [0, 0.05) is 44.7 Å². The van der Waals surface area contributed by atoms with Gasteiger partial charge < -0.3 is 19.4 Å². The van der Waals surface area contributed by atoms with Gasteiger partial charge in [0.1, 0.15) is 11.6 Å². The summed E-state index contributed by atoms with van der Waals surface area (Å²) in [6.07, 6.45) is 4.16. The van der Waals surface area contributed by atoms with Crippen LogP contribution in [0.1, 0.15) is 18.3 Å². The molecule has 0 bridgehead atoms. The molecule has 2 aliphatic heterocycles. The van der Waals surface area contributed by atoms with E-state index >= 15 is 0 Å². The first kappa shape index (κ1) is 20.9. The molecule has 166 valence electrons. The normalized spacial score (nSPS) is 18.0. The maximum absolute atomic E-state index is 5.47. The molecule has 0 saturated carbocycles. The maximum atomic E-state index is 5.47. The molecule has 0 atom stereocenters. The number of fused-ring (bicyclic) bond motifs is 1. The maximum Gasteiger partial charge on any atom is 0.137 e. The van der Waals surface area contributed by atoms with Crippen LogP contribution in [0.5, 0.6) is 0 Å². The number of benzene rings is 1. The molecular formula is C26H31N5O. The molecule has 6 heteroatoms. The van der Waals surface area contributed by atoms with Gasteiger partial charge >= 0.3 is 0 Å². The predicted molar refractivity (Wildman–Crippen MR) is 132 cm³/mol. The fourth-order valence-corrected chi connectivity index (χ4v) is 4.47. The Morgan fingerprint density at radius 2 is 1.59 bits per heavy atom. The summed E-state index contributed by atoms with van der Waals surface area (Å²) in [5.41, 5.74) is 1.91. The Balaban J connectivity index is 1.41. The van der Waals surface area contributed by atoms with E-state index in [1.54, 1.807) is 0 Å². The molecule has 2 aromatic heterocycles. The molecule has 0 spiro atoms. The fourth-order valence-electron chi connectivity index (χ4n) is 4.47. The molecule has 2 fully saturated rings. The zero-order chi connectivity index (χ0) is 21.8. The van der Waals surface area contributed by atoms with Gasteiger partial charge in [-0.2, -0.15) is 0 Å². The minimum Gasteiger partial charge on any atom is -0.378 e. The summed E-state index contributed by atoms with van der Waals surface area (Å²) >= 11 is 0. The molecule has 1 aromatic carbocycles. The van der Waals surface area contributed by atoms with E-state index in [-0.39, 0.29) is 0 Å². The van der Waals surface area contributed by atoms with Crippen LogP contribution in [0.15, 0.2) is 48.5 Å². The number of anilines is 2. The number of piperazine rings is 1. The summed E-state index contributed by atoms with van der Waals surface area (Å²) in [6.45, 7) is 10.9. The first-order valence-corrected chi connectivity index (χ1v) is 11.6. The third kappa shape index (κ3) is 4.61. The van der Waals surface area contributed by atoms with Crippen LogP contribution in [0.3, 0.4) is 0 Å². The second-order valence-electron chi connectivity index (χ2n) is 8.37. The SMILES string of the molecule is CCN1CCN(c2nc(/C=C/c3cccc(N4CCOCC4)n3)cc3ccccc23)CC1. The van der Waals surface area contributed by atoms with Crippen LogP contribution in [0, 0.1) is 0 Å². The van der Waals surface area contributed by atoms with Crippen molar-refractivity contribution in [2.24, 2.45) is 0 Å². The Bertz CT molecular complexity index is 1080. The number of hydrogen-bond acceptors (Lipinski definition) is 6. The quantitative estimate of drug-likeness (QED) is 0.615. The van der Waals surface area contributed by atoms with Gasteiger partial charge in [-0.1, -0.05) is 37.3 Å². The number of rotatable bonds is 5. The third-order valence-corrected chi connectivity index (χ3v) is 6.37. The van der Waals surface area contributed by atoms with Crippen LogP contribution >= 0.6 is 0 Å². The van der Waals surface area contributed by atoms with Crippen molar-refractivity contribution in [1.82, 2.24) is 14.9 Å². The van der Waals surface area contributed by atoms with Crippen molar-refractivity contribution in [1.29, 1.82) is 0 Å². The highest BCUT2D eigenvalue weighted by Gasteiger charge is 2.19. The van der Waals surface area contributed by atoms with Crippen molar-refractivity contribution < 1.29 is 4.74 Å². The largest absolute Gasteiger partial charge is 0.378 e. The van der Waals surface area contributed by atoms with Gasteiger partial charge in [-0.25, -0.2) is 9.97 Å². The number of nitrogens with zero attached hydrogens (tertiary/aromatic N) is 5. The number of pyridine rings is 2. The van der Waals surface area contributed by atoms with Gasteiger partial charge in [0.2, 0.25) is 0 Å². The number of ether oxygens (including phenoxy) is 1. The Labute approximate surface area is 190 Å². The van der Waals surface area contributed by atoms with E-state index in [0.717, 1.165) is 82.1 Å². The molecule has 2 aliphatic rings. The minimum absolute atomic E-state index is 0.762. The first-order valence-electron chi connectivity index (χ1n) is 11.6. The van der Waals surface area contributed by atoms with Crippen molar-refractivity contribution in [3.63, 3.8) is 0 Å². The van der Waals surface area contributed by atoms with Crippen LogP contribution in [-0.4, -0.2) is 73.9 Å². The molecule has 0 radical (unpaired) electrons. The summed E-state index contributed by atoms with van der Waals surface area (Å²) in [4.78, 5) is 17.1. The van der Waals surface area contributed by atoms with Gasteiger partial charge in [-0.15, -0.1) is 0 Å². The summed E-state index contributed by atoms with van der Waals surface area (Å²) in [5, 5.41) is 2.45. The van der Waals surface area contributed by atoms with Crippen molar-refractivity contribution in [2.45, 2.75) is 6.92 Å². The van der Waals surface area contributed by atoms with Gasteiger partial charge in [-0.3, -0.25) is 0 Å². The van der Waals surface area contributed by atoms with Crippen molar-refractivity contribution in [2.75, 3.05) is 68.8 Å². The number of aromatic nitrogens is 2. The van der Waals surface area contributed by atoms with Gasteiger partial charge in [0.05, 0.1) is 24.6 Å². The van der Waals surface area contributed by atoms with Crippen molar-refractivity contribution in [3.05, 3.63) is 59.9 Å². The van der Waals surface area contributed by atoms with Crippen LogP contribution in [0.4, 0.5) is 11.6 Å². The summed E-state index contributed by atoms with van der Waals surface area (Å²) in [7, 11) is 0. The van der Waals surface area contributed by atoms with E-state index in [1.165, 1.54) is 10.8 Å². The Morgan fingerprint density at radius 1 is 0.812 bits per heavy atom. The minimum atomic E-state index is 0.762. The lowest BCUT2D eigenvalue weighted by atomic mass is 10.1. The lowest BCUT2D eigenvalue weighted by Crippen LogP contribution is -2.46. The summed E-state index contributed by atoms with van der Waals surface area (Å²) < 4.78 is 5.47. The highest BCUT2D eigenvalue weighted by molar-refractivity contribution is 5.94. The van der Waals surface area contributed by atoms with Gasteiger partial charge in [0.25, 0.3) is 0 Å². The first-order chi connectivity index (χ1) is 15.8. The highest BCUT2D eigenvalue weighted by Crippen LogP contribution is 2.27. The van der Waals surface area contributed by atoms with Crippen molar-refractivity contribution >= 4 is 34.6 Å². The molecule has 0 amide bonds. The van der Waals surface area contributed by atoms with Crippen LogP contribution in [0.25, 0.3) is 22.9 Å². The molecule has 4 heterocycles. The molecule has 3 aromatic rings. The molecule has 0 aliphatic carbocycles.